The minimum atomic E-state index is -0.788. The molecule has 1 N–H and O–H groups in total. The average Bonchev–Trinajstić information content (AvgIpc) is 2.98. The normalized spacial score (nSPS) is 18.1. The van der Waals surface area contributed by atoms with E-state index in [2.05, 4.69) is 15.9 Å². The summed E-state index contributed by atoms with van der Waals surface area (Å²) >= 11 is 3.42. The van der Waals surface area contributed by atoms with Crippen molar-refractivity contribution in [2.45, 2.75) is 12.5 Å². The van der Waals surface area contributed by atoms with Crippen LogP contribution in [0.3, 0.4) is 0 Å². The summed E-state index contributed by atoms with van der Waals surface area (Å²) in [6.45, 7) is 1.07. The van der Waals surface area contributed by atoms with E-state index in [9.17, 15) is 19.1 Å². The largest absolute Gasteiger partial charge is 0.507 e. The van der Waals surface area contributed by atoms with Crippen LogP contribution in [-0.2, 0) is 9.59 Å². The smallest absolute Gasteiger partial charge is 0.295 e. The minimum absolute atomic E-state index is 0.0178. The lowest BCUT2D eigenvalue weighted by atomic mass is 9.95. The predicted octanol–water partition coefficient (Wildman–Crippen LogP) is 3.97. The van der Waals surface area contributed by atoms with E-state index >= 15 is 0 Å². The molecule has 2 aromatic carbocycles. The molecular formula is C23H24BrFN2O4. The lowest BCUT2D eigenvalue weighted by Gasteiger charge is -2.26. The van der Waals surface area contributed by atoms with Crippen molar-refractivity contribution < 1.29 is 23.8 Å². The number of ether oxygens (including phenoxy) is 1. The molecule has 1 saturated heterocycles. The van der Waals surface area contributed by atoms with Crippen molar-refractivity contribution in [3.63, 3.8) is 0 Å². The average molecular weight is 491 g/mol. The molecule has 0 aliphatic carbocycles. The van der Waals surface area contributed by atoms with Crippen LogP contribution in [0.2, 0.25) is 0 Å². The number of likely N-dealkylation sites (tertiary alicyclic amines) is 1. The first-order chi connectivity index (χ1) is 14.7. The van der Waals surface area contributed by atoms with Gasteiger partial charge in [0.1, 0.15) is 5.76 Å². The van der Waals surface area contributed by atoms with Gasteiger partial charge in [0.2, 0.25) is 0 Å². The fourth-order valence-electron chi connectivity index (χ4n) is 3.66. The lowest BCUT2D eigenvalue weighted by molar-refractivity contribution is -0.139. The molecule has 164 valence electrons. The van der Waals surface area contributed by atoms with Crippen LogP contribution in [-0.4, -0.2) is 60.9 Å². The van der Waals surface area contributed by atoms with E-state index in [1.807, 2.05) is 25.1 Å². The van der Waals surface area contributed by atoms with Gasteiger partial charge in [-0.3, -0.25) is 9.59 Å². The molecule has 0 spiro atoms. The maximum Gasteiger partial charge on any atom is 0.295 e. The summed E-state index contributed by atoms with van der Waals surface area (Å²) in [5.74, 6) is -2.54. The second-order valence-electron chi connectivity index (χ2n) is 7.55. The van der Waals surface area contributed by atoms with Gasteiger partial charge in [-0.1, -0.05) is 28.1 Å². The van der Waals surface area contributed by atoms with Gasteiger partial charge in [-0.05, 0) is 63.0 Å². The van der Waals surface area contributed by atoms with Crippen molar-refractivity contribution in [1.82, 2.24) is 9.80 Å². The molecule has 1 atom stereocenters. The van der Waals surface area contributed by atoms with E-state index < -0.39 is 29.3 Å². The van der Waals surface area contributed by atoms with Gasteiger partial charge in [0.25, 0.3) is 11.7 Å². The van der Waals surface area contributed by atoms with E-state index in [1.165, 1.54) is 24.1 Å². The molecule has 1 fully saturated rings. The van der Waals surface area contributed by atoms with Crippen molar-refractivity contribution >= 4 is 33.4 Å². The van der Waals surface area contributed by atoms with Crippen LogP contribution < -0.4 is 4.74 Å². The zero-order chi connectivity index (χ0) is 22.7. The number of halogens is 2. The Morgan fingerprint density at radius 2 is 1.97 bits per heavy atom. The van der Waals surface area contributed by atoms with E-state index in [1.54, 1.807) is 18.2 Å². The van der Waals surface area contributed by atoms with Gasteiger partial charge in [-0.25, -0.2) is 4.39 Å². The highest BCUT2D eigenvalue weighted by Gasteiger charge is 2.45. The number of methoxy groups -OCH3 is 1. The Morgan fingerprint density at radius 3 is 2.58 bits per heavy atom. The zero-order valence-corrected chi connectivity index (χ0v) is 19.1. The van der Waals surface area contributed by atoms with Crippen molar-refractivity contribution in [2.75, 3.05) is 34.3 Å². The highest BCUT2D eigenvalue weighted by Crippen LogP contribution is 2.40. The quantitative estimate of drug-likeness (QED) is 0.361. The van der Waals surface area contributed by atoms with Crippen LogP contribution >= 0.6 is 15.9 Å². The van der Waals surface area contributed by atoms with Crippen molar-refractivity contribution in [2.24, 2.45) is 0 Å². The van der Waals surface area contributed by atoms with E-state index in [-0.39, 0.29) is 16.9 Å². The van der Waals surface area contributed by atoms with Gasteiger partial charge in [0, 0.05) is 16.6 Å². The molecule has 8 heteroatoms. The second kappa shape index (κ2) is 9.62. The molecule has 1 unspecified atom stereocenters. The topological polar surface area (TPSA) is 70.1 Å². The molecule has 0 aromatic heterocycles. The first-order valence-electron chi connectivity index (χ1n) is 9.77. The summed E-state index contributed by atoms with van der Waals surface area (Å²) in [4.78, 5) is 29.3. The maximum atomic E-state index is 14.2. The molecule has 2 aromatic rings. The Bertz CT molecular complexity index is 1040. The van der Waals surface area contributed by atoms with Gasteiger partial charge in [-0.15, -0.1) is 0 Å². The molecule has 1 aliphatic heterocycles. The van der Waals surface area contributed by atoms with Crippen molar-refractivity contribution in [3.8, 4) is 5.75 Å². The highest BCUT2D eigenvalue weighted by atomic mass is 79.9. The standard InChI is InChI=1S/C23H24BrFN2O4/c1-26(2)10-5-11-27-20(14-6-4-7-16(24)12-14)19(22(29)23(27)30)21(28)15-8-9-18(31-3)17(25)13-15/h4,6-9,12-13,20,28H,5,10-11H2,1-3H3/b21-19-. The third kappa shape index (κ3) is 4.80. The molecule has 0 radical (unpaired) electrons. The number of aliphatic hydroxyl groups excluding tert-OH is 1. The molecule has 1 heterocycles. The zero-order valence-electron chi connectivity index (χ0n) is 17.6. The van der Waals surface area contributed by atoms with Crippen molar-refractivity contribution in [1.29, 1.82) is 0 Å². The van der Waals surface area contributed by atoms with Crippen molar-refractivity contribution in [3.05, 3.63) is 69.5 Å². The highest BCUT2D eigenvalue weighted by molar-refractivity contribution is 9.10. The Kier molecular flexibility index (Phi) is 7.12. The fourth-order valence-corrected chi connectivity index (χ4v) is 4.08. The number of Topliss-reactive ketones (excluding diaryl/α,β-unsaturated/α-hetero) is 1. The number of nitrogens with zero attached hydrogens (tertiary/aromatic N) is 2. The van der Waals surface area contributed by atoms with Gasteiger partial charge < -0.3 is 19.6 Å². The monoisotopic (exact) mass is 490 g/mol. The molecule has 6 nitrogen and oxygen atoms in total. The molecule has 1 aliphatic rings. The Balaban J connectivity index is 2.11. The van der Waals surface area contributed by atoms with Crippen LogP contribution in [0.15, 0.2) is 52.5 Å². The molecule has 3 rings (SSSR count). The summed E-state index contributed by atoms with van der Waals surface area (Å²) in [7, 11) is 5.20. The number of carbonyl (C=O) groups is 2. The van der Waals surface area contributed by atoms with Gasteiger partial charge in [0.05, 0.1) is 18.7 Å². The fraction of sp³-hybridized carbons (Fsp3) is 0.304. The summed E-state index contributed by atoms with van der Waals surface area (Å²) in [5, 5.41) is 11.0. The molecule has 0 bridgehead atoms. The third-order valence-electron chi connectivity index (χ3n) is 5.13. The minimum Gasteiger partial charge on any atom is -0.507 e. The Labute approximate surface area is 189 Å². The van der Waals surface area contributed by atoms with Crippen LogP contribution in [0.25, 0.3) is 5.76 Å². The van der Waals surface area contributed by atoms with Gasteiger partial charge in [0.15, 0.2) is 11.6 Å². The molecular weight excluding hydrogens is 467 g/mol. The van der Waals surface area contributed by atoms with Crippen LogP contribution in [0.4, 0.5) is 4.39 Å². The number of carbonyl (C=O) groups excluding carboxylic acids is 2. The maximum absolute atomic E-state index is 14.2. The summed E-state index contributed by atoms with van der Waals surface area (Å²) in [5.41, 5.74) is 0.719. The number of benzene rings is 2. The number of hydrogen-bond donors (Lipinski definition) is 1. The van der Waals surface area contributed by atoms with Crippen LogP contribution in [0.1, 0.15) is 23.6 Å². The van der Waals surface area contributed by atoms with Crippen LogP contribution in [0.5, 0.6) is 5.75 Å². The third-order valence-corrected chi connectivity index (χ3v) is 5.63. The van der Waals surface area contributed by atoms with Crippen LogP contribution in [0, 0.1) is 5.82 Å². The molecule has 0 saturated carbocycles. The lowest BCUT2D eigenvalue weighted by Crippen LogP contribution is -2.32. The van der Waals surface area contributed by atoms with E-state index in [0.717, 1.165) is 17.1 Å². The first-order valence-corrected chi connectivity index (χ1v) is 10.6. The Morgan fingerprint density at radius 1 is 1.23 bits per heavy atom. The number of ketones is 1. The first kappa shape index (κ1) is 23.0. The SMILES string of the molecule is COc1ccc(/C(O)=C2/C(=O)C(=O)N(CCCN(C)C)C2c2cccc(Br)c2)cc1F. The number of rotatable bonds is 7. The van der Waals surface area contributed by atoms with E-state index in [0.29, 0.717) is 18.5 Å². The molecule has 31 heavy (non-hydrogen) atoms. The van der Waals surface area contributed by atoms with Gasteiger partial charge >= 0.3 is 0 Å². The molecule has 1 amide bonds. The second-order valence-corrected chi connectivity index (χ2v) is 8.47. The van der Waals surface area contributed by atoms with Gasteiger partial charge in [-0.2, -0.15) is 0 Å². The summed E-state index contributed by atoms with van der Waals surface area (Å²) < 4.78 is 19.9. The number of aliphatic hydroxyl groups is 1. The number of amides is 1. The van der Waals surface area contributed by atoms with E-state index in [4.69, 9.17) is 4.74 Å². The summed E-state index contributed by atoms with van der Waals surface area (Å²) in [6, 6.07) is 10.4. The number of hydrogen-bond acceptors (Lipinski definition) is 5. The predicted molar refractivity (Wildman–Crippen MR) is 119 cm³/mol. The Hall–Kier alpha value is -2.71. The summed E-state index contributed by atoms with van der Waals surface area (Å²) in [6.07, 6.45) is 0.654.